The first-order valence-corrected chi connectivity index (χ1v) is 7.60. The van der Waals surface area contributed by atoms with E-state index in [-0.39, 0.29) is 4.90 Å². The van der Waals surface area contributed by atoms with E-state index in [1.165, 1.54) is 12.1 Å². The summed E-state index contributed by atoms with van der Waals surface area (Å²) in [6, 6.07) is 5.99. The van der Waals surface area contributed by atoms with Crippen molar-refractivity contribution in [3.8, 4) is 5.75 Å². The molecule has 1 aromatic carbocycles. The fourth-order valence-corrected chi connectivity index (χ4v) is 1.96. The van der Waals surface area contributed by atoms with Crippen molar-refractivity contribution in [2.45, 2.75) is 18.2 Å². The summed E-state index contributed by atoms with van der Waals surface area (Å²) in [6.45, 7) is 3.83. The minimum absolute atomic E-state index is 0.0702. The molecule has 96 valence electrons. The van der Waals surface area contributed by atoms with Gasteiger partial charge in [0.25, 0.3) is 9.05 Å². The van der Waals surface area contributed by atoms with Crippen LogP contribution in [0.25, 0.3) is 0 Å². The molecule has 0 aliphatic heterocycles. The largest absolute Gasteiger partial charge is 0.494 e. The fourth-order valence-electron chi connectivity index (χ4n) is 1.19. The van der Waals surface area contributed by atoms with Gasteiger partial charge in [0.1, 0.15) is 5.75 Å². The average molecular weight is 279 g/mol. The SMILES string of the molecule is CCOCCCOc1ccc(S(=O)(=O)Cl)cc1. The third kappa shape index (κ3) is 5.39. The Morgan fingerprint density at radius 2 is 1.82 bits per heavy atom. The molecule has 6 heteroatoms. The molecule has 0 saturated heterocycles. The lowest BCUT2D eigenvalue weighted by Crippen LogP contribution is -2.02. The highest BCUT2D eigenvalue weighted by molar-refractivity contribution is 8.13. The molecule has 0 saturated carbocycles. The van der Waals surface area contributed by atoms with E-state index in [0.717, 1.165) is 6.42 Å². The van der Waals surface area contributed by atoms with Gasteiger partial charge in [-0.2, -0.15) is 0 Å². The number of benzene rings is 1. The van der Waals surface area contributed by atoms with Crippen LogP contribution in [0.2, 0.25) is 0 Å². The van der Waals surface area contributed by atoms with Crippen LogP contribution in [-0.4, -0.2) is 28.2 Å². The second-order valence-electron chi connectivity index (χ2n) is 3.31. The van der Waals surface area contributed by atoms with Gasteiger partial charge < -0.3 is 9.47 Å². The molecule has 1 rings (SSSR count). The Hall–Kier alpha value is -0.780. The summed E-state index contributed by atoms with van der Waals surface area (Å²) in [7, 11) is 1.53. The third-order valence-electron chi connectivity index (χ3n) is 2.01. The Bertz CT molecular complexity index is 427. The lowest BCUT2D eigenvalue weighted by Gasteiger charge is -2.06. The second-order valence-corrected chi connectivity index (χ2v) is 5.87. The van der Waals surface area contributed by atoms with Gasteiger partial charge in [0.15, 0.2) is 0 Å². The molecule has 1 aromatic rings. The van der Waals surface area contributed by atoms with Gasteiger partial charge in [0, 0.05) is 30.3 Å². The topological polar surface area (TPSA) is 52.6 Å². The average Bonchev–Trinajstić information content (AvgIpc) is 2.28. The highest BCUT2D eigenvalue weighted by Gasteiger charge is 2.08. The molecule has 0 aromatic heterocycles. The number of halogens is 1. The van der Waals surface area contributed by atoms with Crippen LogP contribution in [0.5, 0.6) is 5.75 Å². The molecular formula is C11H15ClO4S. The van der Waals surface area contributed by atoms with E-state index in [2.05, 4.69) is 0 Å². The number of hydrogen-bond acceptors (Lipinski definition) is 4. The zero-order chi connectivity index (χ0) is 12.7. The quantitative estimate of drug-likeness (QED) is 0.568. The minimum Gasteiger partial charge on any atom is -0.494 e. The fraction of sp³-hybridized carbons (Fsp3) is 0.455. The molecule has 0 spiro atoms. The first-order valence-electron chi connectivity index (χ1n) is 5.29. The molecule has 4 nitrogen and oxygen atoms in total. The predicted octanol–water partition coefficient (Wildman–Crippen LogP) is 2.42. The summed E-state index contributed by atoms with van der Waals surface area (Å²) in [5, 5.41) is 0. The molecule has 0 aliphatic rings. The van der Waals surface area contributed by atoms with E-state index >= 15 is 0 Å². The molecule has 0 atom stereocenters. The van der Waals surface area contributed by atoms with E-state index in [9.17, 15) is 8.42 Å². The maximum atomic E-state index is 11.0. The number of ether oxygens (including phenoxy) is 2. The highest BCUT2D eigenvalue weighted by Crippen LogP contribution is 2.18. The number of rotatable bonds is 7. The Morgan fingerprint density at radius 3 is 2.35 bits per heavy atom. The summed E-state index contributed by atoms with van der Waals surface area (Å²) in [4.78, 5) is 0.0702. The van der Waals surface area contributed by atoms with Gasteiger partial charge in [-0.15, -0.1) is 0 Å². The third-order valence-corrected chi connectivity index (χ3v) is 3.38. The molecule has 17 heavy (non-hydrogen) atoms. The van der Waals surface area contributed by atoms with Crippen molar-refractivity contribution in [1.29, 1.82) is 0 Å². The molecular weight excluding hydrogens is 264 g/mol. The lowest BCUT2D eigenvalue weighted by molar-refractivity contribution is 0.131. The Labute approximate surface area is 106 Å². The van der Waals surface area contributed by atoms with E-state index < -0.39 is 9.05 Å². The minimum atomic E-state index is -3.66. The van der Waals surface area contributed by atoms with E-state index in [4.69, 9.17) is 20.2 Å². The van der Waals surface area contributed by atoms with Crippen LogP contribution in [0.15, 0.2) is 29.2 Å². The molecule has 0 radical (unpaired) electrons. The van der Waals surface area contributed by atoms with Crippen molar-refractivity contribution in [3.05, 3.63) is 24.3 Å². The first kappa shape index (κ1) is 14.3. The van der Waals surface area contributed by atoms with E-state index in [1.807, 2.05) is 6.92 Å². The number of hydrogen-bond donors (Lipinski definition) is 0. The van der Waals surface area contributed by atoms with Gasteiger partial charge in [0.05, 0.1) is 11.5 Å². The summed E-state index contributed by atoms with van der Waals surface area (Å²) < 4.78 is 32.5. The summed E-state index contributed by atoms with van der Waals surface area (Å²) >= 11 is 0. The zero-order valence-corrected chi connectivity index (χ0v) is 11.1. The van der Waals surface area contributed by atoms with Crippen LogP contribution in [0.4, 0.5) is 0 Å². The first-order chi connectivity index (χ1) is 8.04. The van der Waals surface area contributed by atoms with Gasteiger partial charge in [-0.1, -0.05) is 0 Å². The molecule has 0 amide bonds. The normalized spacial score (nSPS) is 11.4. The van der Waals surface area contributed by atoms with Crippen LogP contribution in [0.1, 0.15) is 13.3 Å². The highest BCUT2D eigenvalue weighted by atomic mass is 35.7. The maximum Gasteiger partial charge on any atom is 0.261 e. The standard InChI is InChI=1S/C11H15ClO4S/c1-2-15-8-3-9-16-10-4-6-11(7-5-10)17(12,13)14/h4-7H,2-3,8-9H2,1H3. The van der Waals surface area contributed by atoms with Crippen LogP contribution >= 0.6 is 10.7 Å². The van der Waals surface area contributed by atoms with Crippen molar-refractivity contribution < 1.29 is 17.9 Å². The van der Waals surface area contributed by atoms with Crippen LogP contribution < -0.4 is 4.74 Å². The maximum absolute atomic E-state index is 11.0. The van der Waals surface area contributed by atoms with Crippen LogP contribution in [-0.2, 0) is 13.8 Å². The van der Waals surface area contributed by atoms with Gasteiger partial charge in [-0.25, -0.2) is 8.42 Å². The monoisotopic (exact) mass is 278 g/mol. The van der Waals surface area contributed by atoms with Crippen molar-refractivity contribution in [1.82, 2.24) is 0 Å². The summed E-state index contributed by atoms with van der Waals surface area (Å²) in [6.07, 6.45) is 0.795. The molecule has 0 aliphatic carbocycles. The van der Waals surface area contributed by atoms with Crippen molar-refractivity contribution in [3.63, 3.8) is 0 Å². The van der Waals surface area contributed by atoms with Crippen LogP contribution in [0.3, 0.4) is 0 Å². The zero-order valence-electron chi connectivity index (χ0n) is 9.56. The van der Waals surface area contributed by atoms with Crippen molar-refractivity contribution >= 4 is 19.7 Å². The molecule has 0 N–H and O–H groups in total. The second kappa shape index (κ2) is 6.83. The van der Waals surface area contributed by atoms with Gasteiger partial charge in [-0.3, -0.25) is 0 Å². The van der Waals surface area contributed by atoms with Crippen LogP contribution in [0, 0.1) is 0 Å². The molecule has 0 unspecified atom stereocenters. The lowest BCUT2D eigenvalue weighted by atomic mass is 10.3. The smallest absolute Gasteiger partial charge is 0.261 e. The summed E-state index contributed by atoms with van der Waals surface area (Å²) in [5.74, 6) is 0.616. The Kier molecular flexibility index (Phi) is 5.74. The molecule has 0 heterocycles. The van der Waals surface area contributed by atoms with E-state index in [1.54, 1.807) is 12.1 Å². The predicted molar refractivity (Wildman–Crippen MR) is 66.1 cm³/mol. The van der Waals surface area contributed by atoms with Crippen molar-refractivity contribution in [2.24, 2.45) is 0 Å². The van der Waals surface area contributed by atoms with Gasteiger partial charge in [-0.05, 0) is 31.2 Å². The van der Waals surface area contributed by atoms with Gasteiger partial charge in [0.2, 0.25) is 0 Å². The Morgan fingerprint density at radius 1 is 1.18 bits per heavy atom. The van der Waals surface area contributed by atoms with E-state index in [0.29, 0.717) is 25.6 Å². The molecule has 0 bridgehead atoms. The van der Waals surface area contributed by atoms with Crippen molar-refractivity contribution in [2.75, 3.05) is 19.8 Å². The summed E-state index contributed by atoms with van der Waals surface area (Å²) in [5.41, 5.74) is 0. The molecule has 0 fully saturated rings. The van der Waals surface area contributed by atoms with Gasteiger partial charge >= 0.3 is 0 Å². The Balaban J connectivity index is 2.41.